The lowest BCUT2D eigenvalue weighted by atomic mass is 10.2. The van der Waals surface area contributed by atoms with Gasteiger partial charge in [-0.1, -0.05) is 24.3 Å². The van der Waals surface area contributed by atoms with Crippen molar-refractivity contribution in [1.82, 2.24) is 15.0 Å². The third-order valence-corrected chi connectivity index (χ3v) is 3.32. The minimum absolute atomic E-state index is 0.156. The molecule has 0 unspecified atom stereocenters. The van der Waals surface area contributed by atoms with Gasteiger partial charge in [0.25, 0.3) is 0 Å². The van der Waals surface area contributed by atoms with Crippen LogP contribution in [0.5, 0.6) is 0 Å². The largest absolute Gasteiger partial charge is 0.279 e. The fourth-order valence-electron chi connectivity index (χ4n) is 1.65. The molecule has 0 aliphatic rings. The van der Waals surface area contributed by atoms with E-state index >= 15 is 0 Å². The third-order valence-electron chi connectivity index (χ3n) is 2.53. The van der Waals surface area contributed by atoms with Gasteiger partial charge < -0.3 is 0 Å². The first-order valence-corrected chi connectivity index (χ1v) is 6.49. The Morgan fingerprint density at radius 2 is 1.74 bits per heavy atom. The van der Waals surface area contributed by atoms with Crippen molar-refractivity contribution in [3.05, 3.63) is 60.6 Å². The molecule has 0 amide bonds. The van der Waals surface area contributed by atoms with Crippen molar-refractivity contribution in [2.75, 3.05) is 0 Å². The molecule has 0 atom stereocenters. The Bertz CT molecular complexity index is 731. The van der Waals surface area contributed by atoms with Crippen LogP contribution in [0, 0.1) is 0 Å². The zero-order valence-corrected chi connectivity index (χ0v) is 10.7. The number of aromatic nitrogens is 3. The minimum atomic E-state index is -0.156. The fraction of sp³-hybridized carbons (Fsp3) is 0. The molecule has 0 aliphatic heterocycles. The Labute approximate surface area is 113 Å². The van der Waals surface area contributed by atoms with Gasteiger partial charge >= 0.3 is 0 Å². The fourth-order valence-corrected chi connectivity index (χ4v) is 2.26. The minimum Gasteiger partial charge on any atom is -0.279 e. The van der Waals surface area contributed by atoms with Gasteiger partial charge in [-0.3, -0.25) is 4.79 Å². The lowest BCUT2D eigenvalue weighted by Gasteiger charge is -2.01. The van der Waals surface area contributed by atoms with Crippen LogP contribution < -0.4 is 0 Å². The van der Waals surface area contributed by atoms with Crippen LogP contribution in [0.25, 0.3) is 10.9 Å². The standard InChI is InChI=1S/C14H9N3OS/c18-13(19-14-15-8-3-9-16-14)12-7-6-10-4-1-2-5-11(10)17-12/h1-9H. The molecule has 1 aromatic carbocycles. The highest BCUT2D eigenvalue weighted by molar-refractivity contribution is 8.14. The molecular weight excluding hydrogens is 258 g/mol. The molecule has 0 aliphatic carbocycles. The average molecular weight is 267 g/mol. The molecule has 19 heavy (non-hydrogen) atoms. The average Bonchev–Trinajstić information content (AvgIpc) is 2.48. The lowest BCUT2D eigenvalue weighted by molar-refractivity contribution is 0.108. The van der Waals surface area contributed by atoms with Crippen molar-refractivity contribution in [1.29, 1.82) is 0 Å². The van der Waals surface area contributed by atoms with E-state index in [1.54, 1.807) is 24.5 Å². The first kappa shape index (κ1) is 11.8. The zero-order valence-electron chi connectivity index (χ0n) is 9.85. The van der Waals surface area contributed by atoms with Gasteiger partial charge in [0.05, 0.1) is 5.52 Å². The van der Waals surface area contributed by atoms with Crippen LogP contribution in [-0.2, 0) is 0 Å². The molecule has 0 radical (unpaired) electrons. The van der Waals surface area contributed by atoms with Gasteiger partial charge in [-0.25, -0.2) is 15.0 Å². The molecule has 92 valence electrons. The van der Waals surface area contributed by atoms with Crippen molar-refractivity contribution in [3.63, 3.8) is 0 Å². The summed E-state index contributed by atoms with van der Waals surface area (Å²) in [5.41, 5.74) is 1.22. The molecule has 0 spiro atoms. The summed E-state index contributed by atoms with van der Waals surface area (Å²) in [7, 11) is 0. The maximum Gasteiger partial charge on any atom is 0.245 e. The molecule has 0 fully saturated rings. The molecular formula is C14H9N3OS. The summed E-state index contributed by atoms with van der Waals surface area (Å²) in [5.74, 6) is 0. The number of rotatable bonds is 2. The van der Waals surface area contributed by atoms with Crippen LogP contribution in [0.1, 0.15) is 10.5 Å². The highest BCUT2D eigenvalue weighted by Gasteiger charge is 2.11. The smallest absolute Gasteiger partial charge is 0.245 e. The topological polar surface area (TPSA) is 55.7 Å². The number of hydrogen-bond acceptors (Lipinski definition) is 5. The van der Waals surface area contributed by atoms with Crippen molar-refractivity contribution >= 4 is 27.8 Å². The van der Waals surface area contributed by atoms with E-state index in [0.29, 0.717) is 10.9 Å². The second-order valence-electron chi connectivity index (χ2n) is 3.81. The monoisotopic (exact) mass is 267 g/mol. The van der Waals surface area contributed by atoms with E-state index in [2.05, 4.69) is 15.0 Å². The highest BCUT2D eigenvalue weighted by atomic mass is 32.2. The van der Waals surface area contributed by atoms with Crippen LogP contribution >= 0.6 is 11.8 Å². The van der Waals surface area contributed by atoms with E-state index in [-0.39, 0.29) is 5.12 Å². The summed E-state index contributed by atoms with van der Waals surface area (Å²) >= 11 is 0.982. The van der Waals surface area contributed by atoms with Crippen molar-refractivity contribution in [2.24, 2.45) is 0 Å². The van der Waals surface area contributed by atoms with E-state index in [9.17, 15) is 4.79 Å². The molecule has 2 heterocycles. The summed E-state index contributed by atoms with van der Waals surface area (Å²) in [6.45, 7) is 0. The van der Waals surface area contributed by atoms with E-state index in [4.69, 9.17) is 0 Å². The van der Waals surface area contributed by atoms with Gasteiger partial charge in [-0.05, 0) is 30.0 Å². The number of hydrogen-bond donors (Lipinski definition) is 0. The summed E-state index contributed by atoms with van der Waals surface area (Å²) in [5, 5.41) is 1.29. The molecule has 0 saturated carbocycles. The van der Waals surface area contributed by atoms with Gasteiger partial charge in [0.1, 0.15) is 5.69 Å². The number of carbonyl (C=O) groups excluding carboxylic acids is 1. The normalized spacial score (nSPS) is 10.5. The Hall–Kier alpha value is -2.27. The highest BCUT2D eigenvalue weighted by Crippen LogP contribution is 2.19. The number of nitrogens with zero attached hydrogens (tertiary/aromatic N) is 3. The number of carbonyl (C=O) groups is 1. The van der Waals surface area contributed by atoms with Gasteiger partial charge in [-0.15, -0.1) is 0 Å². The Kier molecular flexibility index (Phi) is 3.20. The first-order chi connectivity index (χ1) is 9.33. The number of para-hydroxylation sites is 1. The van der Waals surface area contributed by atoms with E-state index in [1.807, 2.05) is 30.3 Å². The lowest BCUT2D eigenvalue weighted by Crippen LogP contribution is -1.99. The summed E-state index contributed by atoms with van der Waals surface area (Å²) in [4.78, 5) is 24.4. The van der Waals surface area contributed by atoms with Gasteiger partial charge in [0, 0.05) is 17.8 Å². The maximum absolute atomic E-state index is 12.1. The molecule has 3 rings (SSSR count). The van der Waals surface area contributed by atoms with Crippen LogP contribution in [-0.4, -0.2) is 20.1 Å². The molecule has 5 heteroatoms. The molecule has 3 aromatic rings. The Balaban J connectivity index is 1.89. The second-order valence-corrected chi connectivity index (χ2v) is 4.75. The molecule has 0 bridgehead atoms. The summed E-state index contributed by atoms with van der Waals surface area (Å²) in [6, 6.07) is 13.0. The number of benzene rings is 1. The van der Waals surface area contributed by atoms with Crippen LogP contribution in [0.2, 0.25) is 0 Å². The van der Waals surface area contributed by atoms with E-state index in [1.165, 1.54) is 0 Å². The third kappa shape index (κ3) is 2.61. The number of pyridine rings is 1. The van der Waals surface area contributed by atoms with Gasteiger partial charge in [0.2, 0.25) is 5.12 Å². The van der Waals surface area contributed by atoms with Crippen LogP contribution in [0.3, 0.4) is 0 Å². The zero-order chi connectivity index (χ0) is 13.1. The Morgan fingerprint density at radius 3 is 2.58 bits per heavy atom. The number of fused-ring (bicyclic) bond motifs is 1. The predicted octanol–water partition coefficient (Wildman–Crippen LogP) is 2.96. The molecule has 0 saturated heterocycles. The molecule has 0 N–H and O–H groups in total. The SMILES string of the molecule is O=C(Sc1ncccn1)c1ccc2ccccc2n1. The van der Waals surface area contributed by atoms with Crippen molar-refractivity contribution in [2.45, 2.75) is 5.16 Å². The van der Waals surface area contributed by atoms with Crippen LogP contribution in [0.15, 0.2) is 60.0 Å². The molecule has 2 aromatic heterocycles. The summed E-state index contributed by atoms with van der Waals surface area (Å²) < 4.78 is 0. The van der Waals surface area contributed by atoms with E-state index in [0.717, 1.165) is 22.7 Å². The second kappa shape index (κ2) is 5.16. The van der Waals surface area contributed by atoms with Gasteiger partial charge in [0.15, 0.2) is 5.16 Å². The van der Waals surface area contributed by atoms with Crippen molar-refractivity contribution < 1.29 is 4.79 Å². The first-order valence-electron chi connectivity index (χ1n) is 5.68. The number of thioether (sulfide) groups is 1. The summed E-state index contributed by atoms with van der Waals surface area (Å²) in [6.07, 6.45) is 3.22. The van der Waals surface area contributed by atoms with Crippen molar-refractivity contribution in [3.8, 4) is 0 Å². The van der Waals surface area contributed by atoms with E-state index < -0.39 is 0 Å². The predicted molar refractivity (Wildman–Crippen MR) is 74.0 cm³/mol. The Morgan fingerprint density at radius 1 is 0.947 bits per heavy atom. The van der Waals surface area contributed by atoms with Crippen LogP contribution in [0.4, 0.5) is 0 Å². The maximum atomic E-state index is 12.1. The van der Waals surface area contributed by atoms with Gasteiger partial charge in [-0.2, -0.15) is 0 Å². The quantitative estimate of drug-likeness (QED) is 0.528. The molecule has 4 nitrogen and oxygen atoms in total.